The molecule has 2 rings (SSSR count). The molecule has 10 heteroatoms. The molecule has 2 N–H and O–H groups in total. The number of nitrogens with zero attached hydrogens (tertiary/aromatic N) is 1. The lowest BCUT2D eigenvalue weighted by molar-refractivity contribution is -0.137. The van der Waals surface area contributed by atoms with Crippen LogP contribution < -0.4 is 10.0 Å². The molecular formula is C16H22F3N3O3S. The number of carbonyl (C=O) groups is 1. The Balaban J connectivity index is 1.83. The summed E-state index contributed by atoms with van der Waals surface area (Å²) in [6.07, 6.45) is -1.74. The van der Waals surface area contributed by atoms with Crippen molar-refractivity contribution < 1.29 is 26.4 Å². The molecule has 0 radical (unpaired) electrons. The zero-order valence-corrected chi connectivity index (χ0v) is 15.2. The van der Waals surface area contributed by atoms with Crippen molar-refractivity contribution in [1.29, 1.82) is 0 Å². The Hall–Kier alpha value is -1.81. The normalized spacial score (nSPS) is 17.1. The molecule has 0 atom stereocenters. The van der Waals surface area contributed by atoms with Crippen LogP contribution in [-0.4, -0.2) is 46.0 Å². The maximum Gasteiger partial charge on any atom is 0.416 e. The number of urea groups is 1. The molecule has 1 heterocycles. The van der Waals surface area contributed by atoms with Crippen LogP contribution in [0.1, 0.15) is 24.8 Å². The number of benzene rings is 1. The molecule has 0 saturated carbocycles. The molecule has 26 heavy (non-hydrogen) atoms. The number of sulfonamides is 1. The summed E-state index contributed by atoms with van der Waals surface area (Å²) in [5.41, 5.74) is -0.959. The minimum absolute atomic E-state index is 0.336. The molecule has 1 aliphatic rings. The highest BCUT2D eigenvalue weighted by molar-refractivity contribution is 7.90. The number of alkyl halides is 3. The van der Waals surface area contributed by atoms with E-state index in [0.717, 1.165) is 44.5 Å². The van der Waals surface area contributed by atoms with Gasteiger partial charge in [0, 0.05) is 6.54 Å². The highest BCUT2D eigenvalue weighted by Gasteiger charge is 2.30. The second-order valence-electron chi connectivity index (χ2n) is 6.42. The fraction of sp³-hybridized carbons (Fsp3) is 0.562. The van der Waals surface area contributed by atoms with Crippen molar-refractivity contribution in [3.8, 4) is 0 Å². The molecular weight excluding hydrogens is 371 g/mol. The largest absolute Gasteiger partial charge is 0.416 e. The Morgan fingerprint density at radius 2 is 1.77 bits per heavy atom. The van der Waals surface area contributed by atoms with Crippen molar-refractivity contribution in [1.82, 2.24) is 14.9 Å². The fourth-order valence-electron chi connectivity index (χ4n) is 2.78. The third-order valence-electron chi connectivity index (χ3n) is 4.40. The lowest BCUT2D eigenvalue weighted by atomic mass is 9.94. The van der Waals surface area contributed by atoms with Gasteiger partial charge in [-0.1, -0.05) is 0 Å². The van der Waals surface area contributed by atoms with Crippen LogP contribution in [0, 0.1) is 5.92 Å². The van der Waals surface area contributed by atoms with E-state index in [1.54, 1.807) is 0 Å². The number of likely N-dealkylation sites (tertiary alicyclic amines) is 1. The van der Waals surface area contributed by atoms with E-state index in [-0.39, 0.29) is 0 Å². The van der Waals surface area contributed by atoms with E-state index in [2.05, 4.69) is 10.2 Å². The predicted octanol–water partition coefficient (Wildman–Crippen LogP) is 2.43. The lowest BCUT2D eigenvalue weighted by Crippen LogP contribution is -2.40. The van der Waals surface area contributed by atoms with Crippen LogP contribution >= 0.6 is 0 Å². The zero-order chi connectivity index (χ0) is 19.4. The van der Waals surface area contributed by atoms with Gasteiger partial charge in [0.2, 0.25) is 0 Å². The molecule has 1 aromatic carbocycles. The number of piperidine rings is 1. The number of rotatable bonds is 5. The molecule has 146 valence electrons. The van der Waals surface area contributed by atoms with E-state index in [4.69, 9.17) is 0 Å². The Labute approximate surface area is 150 Å². The third kappa shape index (κ3) is 5.87. The average Bonchev–Trinajstić information content (AvgIpc) is 2.55. The molecule has 0 aromatic heterocycles. The lowest BCUT2D eigenvalue weighted by Gasteiger charge is -2.28. The summed E-state index contributed by atoms with van der Waals surface area (Å²) in [5.74, 6) is 0.484. The first kappa shape index (κ1) is 20.5. The van der Waals surface area contributed by atoms with Gasteiger partial charge in [-0.2, -0.15) is 13.2 Å². The highest BCUT2D eigenvalue weighted by atomic mass is 32.2. The van der Waals surface area contributed by atoms with Gasteiger partial charge in [-0.25, -0.2) is 17.9 Å². The number of amides is 2. The maximum absolute atomic E-state index is 12.5. The van der Waals surface area contributed by atoms with Gasteiger partial charge in [0.15, 0.2) is 0 Å². The fourth-order valence-corrected chi connectivity index (χ4v) is 3.71. The molecule has 1 saturated heterocycles. The van der Waals surface area contributed by atoms with Crippen LogP contribution in [0.25, 0.3) is 0 Å². The topological polar surface area (TPSA) is 78.5 Å². The first-order valence-corrected chi connectivity index (χ1v) is 9.73. The number of hydrogen-bond donors (Lipinski definition) is 2. The third-order valence-corrected chi connectivity index (χ3v) is 5.74. The van der Waals surface area contributed by atoms with Crippen molar-refractivity contribution in [3.63, 3.8) is 0 Å². The molecule has 1 aromatic rings. The number of carbonyl (C=O) groups excluding carboxylic acids is 1. The van der Waals surface area contributed by atoms with Gasteiger partial charge < -0.3 is 10.2 Å². The quantitative estimate of drug-likeness (QED) is 0.805. The average molecular weight is 393 g/mol. The van der Waals surface area contributed by atoms with E-state index in [1.165, 1.54) is 0 Å². The van der Waals surface area contributed by atoms with Gasteiger partial charge in [-0.05, 0) is 69.6 Å². The van der Waals surface area contributed by atoms with Crippen LogP contribution in [0.5, 0.6) is 0 Å². The van der Waals surface area contributed by atoms with Crippen LogP contribution in [0.15, 0.2) is 29.2 Å². The van der Waals surface area contributed by atoms with E-state index in [1.807, 2.05) is 11.8 Å². The Kier molecular flexibility index (Phi) is 6.51. The summed E-state index contributed by atoms with van der Waals surface area (Å²) in [6.45, 7) is 2.33. The molecule has 0 spiro atoms. The van der Waals surface area contributed by atoms with Crippen LogP contribution in [0.2, 0.25) is 0 Å². The first-order chi connectivity index (χ1) is 12.1. The minimum atomic E-state index is -4.55. The van der Waals surface area contributed by atoms with Crippen LogP contribution in [-0.2, 0) is 16.2 Å². The van der Waals surface area contributed by atoms with E-state index >= 15 is 0 Å². The van der Waals surface area contributed by atoms with E-state index < -0.39 is 32.7 Å². The van der Waals surface area contributed by atoms with Crippen LogP contribution in [0.4, 0.5) is 18.0 Å². The number of halogens is 3. The summed E-state index contributed by atoms with van der Waals surface area (Å²) < 4.78 is 63.4. The van der Waals surface area contributed by atoms with Crippen LogP contribution in [0.3, 0.4) is 0 Å². The first-order valence-electron chi connectivity index (χ1n) is 8.24. The van der Waals surface area contributed by atoms with Gasteiger partial charge in [0.1, 0.15) is 0 Å². The number of hydrogen-bond acceptors (Lipinski definition) is 4. The molecule has 0 unspecified atom stereocenters. The molecule has 0 aliphatic carbocycles. The van der Waals surface area contributed by atoms with E-state index in [0.29, 0.717) is 24.6 Å². The van der Waals surface area contributed by atoms with Crippen molar-refractivity contribution in [2.75, 3.05) is 26.7 Å². The van der Waals surface area contributed by atoms with Crippen molar-refractivity contribution >= 4 is 16.1 Å². The predicted molar refractivity (Wildman–Crippen MR) is 90.0 cm³/mol. The Bertz CT molecular complexity index is 712. The Morgan fingerprint density at radius 1 is 1.19 bits per heavy atom. The molecule has 2 amide bonds. The van der Waals surface area contributed by atoms with Gasteiger partial charge in [0.25, 0.3) is 10.0 Å². The van der Waals surface area contributed by atoms with Gasteiger partial charge in [-0.3, -0.25) is 0 Å². The van der Waals surface area contributed by atoms with Crippen molar-refractivity contribution in [2.24, 2.45) is 5.92 Å². The highest BCUT2D eigenvalue weighted by Crippen LogP contribution is 2.29. The summed E-state index contributed by atoms with van der Waals surface area (Å²) in [6, 6.07) is 2.06. The standard InChI is InChI=1S/C16H22F3N3O3S/c1-22-10-7-12(8-11-22)6-9-20-15(23)21-26(24,25)14-4-2-13(3-5-14)16(17,18)19/h2-5,12H,6-11H2,1H3,(H2,20,21,23). The van der Waals surface area contributed by atoms with E-state index in [9.17, 15) is 26.4 Å². The molecule has 1 aliphatic heterocycles. The molecule has 6 nitrogen and oxygen atoms in total. The summed E-state index contributed by atoms with van der Waals surface area (Å²) in [7, 11) is -2.17. The smallest absolute Gasteiger partial charge is 0.337 e. The summed E-state index contributed by atoms with van der Waals surface area (Å²) in [5, 5.41) is 2.48. The molecule has 0 bridgehead atoms. The Morgan fingerprint density at radius 3 is 2.31 bits per heavy atom. The van der Waals surface area contributed by atoms with Crippen molar-refractivity contribution in [3.05, 3.63) is 29.8 Å². The zero-order valence-electron chi connectivity index (χ0n) is 14.3. The van der Waals surface area contributed by atoms with Gasteiger partial charge >= 0.3 is 12.2 Å². The minimum Gasteiger partial charge on any atom is -0.337 e. The number of nitrogens with one attached hydrogen (secondary N) is 2. The van der Waals surface area contributed by atoms with Gasteiger partial charge in [-0.15, -0.1) is 0 Å². The second-order valence-corrected chi connectivity index (χ2v) is 8.10. The maximum atomic E-state index is 12.5. The van der Waals surface area contributed by atoms with Gasteiger partial charge in [0.05, 0.1) is 10.5 Å². The SMILES string of the molecule is CN1CCC(CCNC(=O)NS(=O)(=O)c2ccc(C(F)(F)F)cc2)CC1. The van der Waals surface area contributed by atoms with Crippen molar-refractivity contribution in [2.45, 2.75) is 30.3 Å². The monoisotopic (exact) mass is 393 g/mol. The second kappa shape index (κ2) is 8.26. The summed E-state index contributed by atoms with van der Waals surface area (Å²) >= 11 is 0. The molecule has 1 fully saturated rings. The summed E-state index contributed by atoms with van der Waals surface area (Å²) in [4.78, 5) is 13.6.